The molecule has 0 aromatic carbocycles. The molecule has 3 nitrogen and oxygen atoms in total. The third kappa shape index (κ3) is 180000. The summed E-state index contributed by atoms with van der Waals surface area (Å²) in [6.07, 6.45) is 0. The molecule has 0 aliphatic heterocycles. The molecule has 0 atom stereocenters. The molecule has 0 fully saturated rings. The van der Waals surface area contributed by atoms with E-state index in [1.54, 1.807) is 0 Å². The normalized spacial score (nSPS) is 11.6. The van der Waals surface area contributed by atoms with Gasteiger partial charge in [0.05, 0.1) is 0 Å². The van der Waals surface area contributed by atoms with Crippen LogP contribution in [0, 0.1) is 0 Å². The molecule has 0 amide bonds. The molecule has 0 aromatic rings. The van der Waals surface area contributed by atoms with Gasteiger partial charge in [0, 0.05) is 0 Å². The van der Waals surface area contributed by atoms with E-state index in [0.29, 0.717) is 0 Å². The van der Waals surface area contributed by atoms with Crippen molar-refractivity contribution in [3.05, 3.63) is 0 Å². The summed E-state index contributed by atoms with van der Waals surface area (Å²) in [5.74, 6) is 0. The number of halogens is 1. The van der Waals surface area contributed by atoms with Gasteiger partial charge in [-0.05, 0) is 0 Å². The Morgan fingerprint density at radius 2 is 1.60 bits per heavy atom. The van der Waals surface area contributed by atoms with Crippen LogP contribution in [0.4, 0.5) is 3.55 Å². The van der Waals surface area contributed by atoms with Crippen LogP contribution in [-0.2, 0) is 7.67 Å². The van der Waals surface area contributed by atoms with Crippen LogP contribution in [-0.4, -0.2) is 17.7 Å². The molecule has 0 heterocycles. The molecule has 5 heavy (non-hydrogen) atoms. The second-order valence-electron chi connectivity index (χ2n) is 0.412. The van der Waals surface area contributed by atoms with Crippen LogP contribution in [0.1, 0.15) is 0 Å². The Balaban J connectivity index is 4.06. The first kappa shape index (κ1) is 5.01. The molecule has 0 radical (unpaired) electrons. The van der Waals surface area contributed by atoms with Gasteiger partial charge in [-0.3, -0.25) is 0 Å². The zero-order valence-corrected chi connectivity index (χ0v) is 3.76. The summed E-state index contributed by atoms with van der Waals surface area (Å²) < 4.78 is 34.4. The van der Waals surface area contributed by atoms with E-state index < -0.39 is 13.5 Å². The molecule has 0 bridgehead atoms. The van der Waals surface area contributed by atoms with Gasteiger partial charge in [-0.2, -0.15) is 0 Å². The summed E-state index contributed by atoms with van der Waals surface area (Å²) in [7, 11) is 0. The summed E-state index contributed by atoms with van der Waals surface area (Å²) in [6.45, 7) is 0. The van der Waals surface area contributed by atoms with Crippen LogP contribution >= 0.6 is 0 Å². The molecular formula is HFO3Se. The van der Waals surface area contributed by atoms with Crippen molar-refractivity contribution in [1.29, 1.82) is 0 Å². The first-order chi connectivity index (χ1) is 2.00. The predicted molar refractivity (Wildman–Crippen MR) is 10.5 cm³/mol. The van der Waals surface area contributed by atoms with Crippen molar-refractivity contribution in [2.45, 2.75) is 0 Å². The van der Waals surface area contributed by atoms with Gasteiger partial charge in [0.25, 0.3) is 0 Å². The summed E-state index contributed by atoms with van der Waals surface area (Å²) in [5.41, 5.74) is 0. The summed E-state index contributed by atoms with van der Waals surface area (Å²) in [4.78, 5) is 0. The number of rotatable bonds is 0. The molecule has 0 aliphatic carbocycles. The third-order valence-electron chi connectivity index (χ3n) is 0. The zero-order valence-electron chi connectivity index (χ0n) is 2.05. The van der Waals surface area contributed by atoms with E-state index in [1.807, 2.05) is 0 Å². The van der Waals surface area contributed by atoms with Crippen molar-refractivity contribution >= 4 is 13.5 Å². The third-order valence-corrected chi connectivity index (χ3v) is 0. The van der Waals surface area contributed by atoms with Crippen LogP contribution < -0.4 is 0 Å². The van der Waals surface area contributed by atoms with Crippen molar-refractivity contribution < 1.29 is 15.4 Å². The van der Waals surface area contributed by atoms with Crippen LogP contribution in [0.25, 0.3) is 0 Å². The number of hydrogen-bond donors (Lipinski definition) is 1. The van der Waals surface area contributed by atoms with Crippen LogP contribution in [0.3, 0.4) is 0 Å². The van der Waals surface area contributed by atoms with Gasteiger partial charge in [-0.1, -0.05) is 0 Å². The Hall–Kier alpha value is 0.00948. The molecule has 0 spiro atoms. The molecular weight excluding hydrogens is 146 g/mol. The van der Waals surface area contributed by atoms with Crippen LogP contribution in [0.2, 0.25) is 0 Å². The van der Waals surface area contributed by atoms with Gasteiger partial charge in [0.1, 0.15) is 0 Å². The van der Waals surface area contributed by atoms with Crippen LogP contribution in [0.15, 0.2) is 0 Å². The fraction of sp³-hybridized carbons (Fsp3) is 0. The first-order valence-electron chi connectivity index (χ1n) is 0.670. The predicted octanol–water partition coefficient (Wildman–Crippen LogP) is -0.755. The first-order valence-corrected chi connectivity index (χ1v) is 3.48. The fourth-order valence-corrected chi connectivity index (χ4v) is 0. The maximum absolute atomic E-state index is 10.3. The van der Waals surface area contributed by atoms with Crippen molar-refractivity contribution in [2.24, 2.45) is 0 Å². The molecule has 32 valence electrons. The average Bonchev–Trinajstić information content (AvgIpc) is 0.722. The Kier molecular flexibility index (Phi) is 1.01. The van der Waals surface area contributed by atoms with Gasteiger partial charge < -0.3 is 0 Å². The van der Waals surface area contributed by atoms with E-state index in [1.165, 1.54) is 0 Å². The van der Waals surface area contributed by atoms with Crippen LogP contribution in [0.5, 0.6) is 0 Å². The molecule has 0 saturated carbocycles. The summed E-state index contributed by atoms with van der Waals surface area (Å²) in [6, 6.07) is 0. The minimum absolute atomic E-state index is 5.75. The Labute approximate surface area is 29.8 Å². The molecule has 0 aliphatic rings. The molecule has 5 heteroatoms. The van der Waals surface area contributed by atoms with Gasteiger partial charge in [-0.15, -0.1) is 0 Å². The topological polar surface area (TPSA) is 54.4 Å². The summed E-state index contributed by atoms with van der Waals surface area (Å²) >= 11 is -5.75. The second-order valence-corrected chi connectivity index (χ2v) is 2.14. The molecule has 0 aromatic heterocycles. The van der Waals surface area contributed by atoms with Crippen molar-refractivity contribution in [3.8, 4) is 0 Å². The van der Waals surface area contributed by atoms with E-state index in [2.05, 4.69) is 0 Å². The molecule has 1 N–H and O–H groups in total. The minimum atomic E-state index is -5.75. The Bertz CT molecular complexity index is 90.1. The van der Waals surface area contributed by atoms with E-state index >= 15 is 0 Å². The van der Waals surface area contributed by atoms with Gasteiger partial charge in [0.2, 0.25) is 0 Å². The average molecular weight is 147 g/mol. The Morgan fingerprint density at radius 3 is 1.60 bits per heavy atom. The molecule has 0 unspecified atom stereocenters. The standard InChI is InChI=1S/FHO3Se/c1-5(2,3)4/h(H,2,3,4). The quantitative estimate of drug-likeness (QED) is 0.458. The second kappa shape index (κ2) is 1.01. The van der Waals surface area contributed by atoms with E-state index in [9.17, 15) is 3.55 Å². The Morgan fingerprint density at radius 1 is 1.60 bits per heavy atom. The maximum atomic E-state index is 10.3. The molecule has 0 rings (SSSR count). The zero-order chi connectivity index (χ0) is 4.50. The van der Waals surface area contributed by atoms with Gasteiger partial charge >= 0.3 is 28.9 Å². The van der Waals surface area contributed by atoms with E-state index in [4.69, 9.17) is 11.9 Å². The summed E-state index contributed by atoms with van der Waals surface area (Å²) in [5, 5.41) is 0. The number of hydrogen-bond acceptors (Lipinski definition) is 2. The molecule has 0 saturated heterocycles. The van der Waals surface area contributed by atoms with Crippen molar-refractivity contribution in [1.82, 2.24) is 0 Å². The van der Waals surface area contributed by atoms with Crippen molar-refractivity contribution in [3.63, 3.8) is 0 Å². The van der Waals surface area contributed by atoms with Crippen molar-refractivity contribution in [2.75, 3.05) is 0 Å². The fourth-order valence-electron chi connectivity index (χ4n) is 0. The monoisotopic (exact) mass is 148 g/mol. The van der Waals surface area contributed by atoms with Gasteiger partial charge in [-0.25, -0.2) is 0 Å². The van der Waals surface area contributed by atoms with Gasteiger partial charge in [0.15, 0.2) is 0 Å². The SMILES string of the molecule is O=[Se](=O)(O)F. The van der Waals surface area contributed by atoms with E-state index in [0.717, 1.165) is 0 Å². The van der Waals surface area contributed by atoms with E-state index in [-0.39, 0.29) is 0 Å².